The predicted molar refractivity (Wildman–Crippen MR) is 90.8 cm³/mol. The van der Waals surface area contributed by atoms with Crippen LogP contribution >= 0.6 is 15.9 Å². The van der Waals surface area contributed by atoms with Crippen LogP contribution in [-0.2, 0) is 11.3 Å². The average molecular weight is 363 g/mol. The lowest BCUT2D eigenvalue weighted by molar-refractivity contribution is 0.0577. The molecule has 0 aliphatic carbocycles. The highest BCUT2D eigenvalue weighted by atomic mass is 79.9. The normalized spacial score (nSPS) is 11.1. The highest BCUT2D eigenvalue weighted by Crippen LogP contribution is 2.23. The van der Waals surface area contributed by atoms with Gasteiger partial charge in [0.2, 0.25) is 0 Å². The Morgan fingerprint density at radius 2 is 1.73 bits per heavy atom. The van der Waals surface area contributed by atoms with Gasteiger partial charge in [0.1, 0.15) is 5.60 Å². The number of pyridine rings is 1. The van der Waals surface area contributed by atoms with E-state index in [0.717, 1.165) is 15.7 Å². The Balaban J connectivity index is 2.27. The molecule has 0 spiro atoms. The summed E-state index contributed by atoms with van der Waals surface area (Å²) in [5, 5.41) is 0. The molecule has 4 nitrogen and oxygen atoms in total. The summed E-state index contributed by atoms with van der Waals surface area (Å²) in [6.07, 6.45) is 3.06. The molecule has 2 rings (SSSR count). The Morgan fingerprint density at radius 1 is 1.14 bits per heavy atom. The van der Waals surface area contributed by atoms with Crippen molar-refractivity contribution in [2.75, 3.05) is 4.90 Å². The number of carbonyl (C=O) groups is 1. The van der Waals surface area contributed by atoms with Crippen LogP contribution in [0.2, 0.25) is 0 Å². The summed E-state index contributed by atoms with van der Waals surface area (Å²) in [5.74, 6) is 0. The zero-order valence-electron chi connectivity index (χ0n) is 12.9. The van der Waals surface area contributed by atoms with E-state index in [1.54, 1.807) is 17.3 Å². The fourth-order valence-corrected chi connectivity index (χ4v) is 2.13. The van der Waals surface area contributed by atoms with Gasteiger partial charge in [0, 0.05) is 22.6 Å². The van der Waals surface area contributed by atoms with Gasteiger partial charge >= 0.3 is 6.09 Å². The topological polar surface area (TPSA) is 42.4 Å². The number of benzene rings is 1. The summed E-state index contributed by atoms with van der Waals surface area (Å²) in [4.78, 5) is 18.1. The summed E-state index contributed by atoms with van der Waals surface area (Å²) in [6.45, 7) is 6.00. The van der Waals surface area contributed by atoms with Crippen LogP contribution in [-0.4, -0.2) is 16.7 Å². The number of halogens is 1. The van der Waals surface area contributed by atoms with Crippen molar-refractivity contribution in [1.82, 2.24) is 4.98 Å². The lowest BCUT2D eigenvalue weighted by Crippen LogP contribution is -2.36. The van der Waals surface area contributed by atoms with E-state index in [9.17, 15) is 4.79 Å². The lowest BCUT2D eigenvalue weighted by atomic mass is 10.2. The molecule has 0 atom stereocenters. The van der Waals surface area contributed by atoms with E-state index in [2.05, 4.69) is 20.9 Å². The summed E-state index contributed by atoms with van der Waals surface area (Å²) in [7, 11) is 0. The predicted octanol–water partition coefficient (Wildman–Crippen LogP) is 4.79. The quantitative estimate of drug-likeness (QED) is 0.788. The van der Waals surface area contributed by atoms with Crippen molar-refractivity contribution in [2.45, 2.75) is 32.9 Å². The minimum absolute atomic E-state index is 0.369. The number of ether oxygens (including phenoxy) is 1. The van der Waals surface area contributed by atoms with Gasteiger partial charge < -0.3 is 4.74 Å². The molecule has 1 aromatic heterocycles. The first-order chi connectivity index (χ1) is 10.3. The highest BCUT2D eigenvalue weighted by Gasteiger charge is 2.23. The van der Waals surface area contributed by atoms with Gasteiger partial charge in [-0.1, -0.05) is 15.9 Å². The van der Waals surface area contributed by atoms with Gasteiger partial charge in [0.15, 0.2) is 0 Å². The first kappa shape index (κ1) is 16.5. The van der Waals surface area contributed by atoms with Crippen LogP contribution in [0.5, 0.6) is 0 Å². The molecular formula is C17H19BrN2O2. The number of hydrogen-bond acceptors (Lipinski definition) is 3. The minimum atomic E-state index is -0.539. The van der Waals surface area contributed by atoms with Crippen LogP contribution < -0.4 is 4.90 Å². The van der Waals surface area contributed by atoms with E-state index in [0.29, 0.717) is 6.54 Å². The molecule has 5 heteroatoms. The Morgan fingerprint density at radius 3 is 2.27 bits per heavy atom. The van der Waals surface area contributed by atoms with Gasteiger partial charge in [-0.3, -0.25) is 9.88 Å². The van der Waals surface area contributed by atoms with Gasteiger partial charge in [-0.15, -0.1) is 0 Å². The van der Waals surface area contributed by atoms with Crippen LogP contribution in [0.3, 0.4) is 0 Å². The molecule has 116 valence electrons. The van der Waals surface area contributed by atoms with Gasteiger partial charge in [-0.05, 0) is 62.7 Å². The third kappa shape index (κ3) is 4.84. The standard InChI is InChI=1S/C17H19BrN2O2/c1-17(2,3)22-16(21)20(12-13-8-10-19-11-9-13)15-6-4-14(18)5-7-15/h4-11H,12H2,1-3H3. The van der Waals surface area contributed by atoms with Crippen molar-refractivity contribution in [3.05, 3.63) is 58.8 Å². The van der Waals surface area contributed by atoms with Crippen LogP contribution in [0.4, 0.5) is 10.5 Å². The van der Waals surface area contributed by atoms with E-state index >= 15 is 0 Å². The summed E-state index contributed by atoms with van der Waals surface area (Å²) in [6, 6.07) is 11.3. The van der Waals surface area contributed by atoms with Crippen molar-refractivity contribution >= 4 is 27.7 Å². The minimum Gasteiger partial charge on any atom is -0.443 e. The third-order valence-corrected chi connectivity index (χ3v) is 3.37. The van der Waals surface area contributed by atoms with E-state index in [1.807, 2.05) is 57.2 Å². The van der Waals surface area contributed by atoms with E-state index in [-0.39, 0.29) is 6.09 Å². The van der Waals surface area contributed by atoms with Crippen molar-refractivity contribution in [1.29, 1.82) is 0 Å². The van der Waals surface area contributed by atoms with E-state index < -0.39 is 5.60 Å². The fraction of sp³-hybridized carbons (Fsp3) is 0.294. The third-order valence-electron chi connectivity index (χ3n) is 2.84. The second kappa shape index (κ2) is 6.92. The van der Waals surface area contributed by atoms with Crippen molar-refractivity contribution < 1.29 is 9.53 Å². The highest BCUT2D eigenvalue weighted by molar-refractivity contribution is 9.10. The zero-order valence-corrected chi connectivity index (χ0v) is 14.5. The molecule has 0 saturated carbocycles. The molecule has 22 heavy (non-hydrogen) atoms. The van der Waals surface area contributed by atoms with Crippen molar-refractivity contribution in [3.8, 4) is 0 Å². The first-order valence-corrected chi connectivity index (χ1v) is 7.79. The lowest BCUT2D eigenvalue weighted by Gasteiger charge is -2.27. The van der Waals surface area contributed by atoms with Crippen LogP contribution in [0.1, 0.15) is 26.3 Å². The summed E-state index contributed by atoms with van der Waals surface area (Å²) in [5.41, 5.74) is 1.24. The molecule has 0 aliphatic heterocycles. The fourth-order valence-electron chi connectivity index (χ4n) is 1.87. The summed E-state index contributed by atoms with van der Waals surface area (Å²) >= 11 is 3.40. The number of hydrogen-bond donors (Lipinski definition) is 0. The molecular weight excluding hydrogens is 344 g/mol. The van der Waals surface area contributed by atoms with Crippen LogP contribution in [0.25, 0.3) is 0 Å². The largest absolute Gasteiger partial charge is 0.443 e. The van der Waals surface area contributed by atoms with Crippen molar-refractivity contribution in [2.24, 2.45) is 0 Å². The molecule has 1 aromatic carbocycles. The Hall–Kier alpha value is -1.88. The molecule has 0 N–H and O–H groups in total. The molecule has 0 bridgehead atoms. The zero-order chi connectivity index (χ0) is 16.2. The molecule has 2 aromatic rings. The maximum absolute atomic E-state index is 12.5. The first-order valence-electron chi connectivity index (χ1n) is 7.00. The van der Waals surface area contributed by atoms with Crippen LogP contribution in [0, 0.1) is 0 Å². The van der Waals surface area contributed by atoms with Gasteiger partial charge in [0.05, 0.1) is 6.54 Å². The number of aromatic nitrogens is 1. The number of amides is 1. The SMILES string of the molecule is CC(C)(C)OC(=O)N(Cc1ccncc1)c1ccc(Br)cc1. The molecule has 1 amide bonds. The van der Waals surface area contributed by atoms with E-state index in [4.69, 9.17) is 4.74 Å². The van der Waals surface area contributed by atoms with Gasteiger partial charge in [-0.2, -0.15) is 0 Å². The molecule has 0 saturated heterocycles. The number of nitrogens with zero attached hydrogens (tertiary/aromatic N) is 2. The molecule has 0 fully saturated rings. The molecule has 0 unspecified atom stereocenters. The number of anilines is 1. The van der Waals surface area contributed by atoms with Gasteiger partial charge in [-0.25, -0.2) is 4.79 Å². The van der Waals surface area contributed by atoms with E-state index in [1.165, 1.54) is 0 Å². The monoisotopic (exact) mass is 362 g/mol. The number of carbonyl (C=O) groups excluding carboxylic acids is 1. The van der Waals surface area contributed by atoms with Crippen molar-refractivity contribution in [3.63, 3.8) is 0 Å². The maximum Gasteiger partial charge on any atom is 0.415 e. The molecule has 0 aliphatic rings. The molecule has 1 heterocycles. The van der Waals surface area contributed by atoms with Gasteiger partial charge in [0.25, 0.3) is 0 Å². The molecule has 0 radical (unpaired) electrons. The Labute approximate surface area is 139 Å². The Bertz CT molecular complexity index is 621. The maximum atomic E-state index is 12.5. The van der Waals surface area contributed by atoms with Crippen LogP contribution in [0.15, 0.2) is 53.3 Å². The number of rotatable bonds is 3. The smallest absolute Gasteiger partial charge is 0.415 e. The second-order valence-corrected chi connectivity index (χ2v) is 6.81. The average Bonchev–Trinajstić information content (AvgIpc) is 2.45. The Kier molecular flexibility index (Phi) is 5.19. The second-order valence-electron chi connectivity index (χ2n) is 5.90. The summed E-state index contributed by atoms with van der Waals surface area (Å²) < 4.78 is 6.48.